The minimum Gasteiger partial charge on any atom is -0.497 e. The zero-order valence-electron chi connectivity index (χ0n) is 14.6. The number of rotatable bonds is 5. The number of benzene rings is 1. The maximum atomic E-state index is 13.3. The molecule has 0 aromatic heterocycles. The standard InChI is InChI=1S/C19H26F2N2O2/c1-25-16-6-4-14(5-7-16)2-3-15-8-10-23(11-9-15)18(24)17-12-19(20,21)13-22-17/h4-7,15,17,22H,2-3,8-13H2,1H3. The minimum atomic E-state index is -2.75. The quantitative estimate of drug-likeness (QED) is 0.886. The number of piperidine rings is 1. The van der Waals surface area contributed by atoms with Gasteiger partial charge in [-0.1, -0.05) is 12.1 Å². The number of methoxy groups -OCH3 is 1. The molecule has 1 atom stereocenters. The summed E-state index contributed by atoms with van der Waals surface area (Å²) in [6.07, 6.45) is 3.63. The molecule has 6 heteroatoms. The third-order valence-electron chi connectivity index (χ3n) is 5.33. The maximum absolute atomic E-state index is 13.3. The molecule has 2 fully saturated rings. The number of halogens is 2. The van der Waals surface area contributed by atoms with Crippen LogP contribution in [-0.4, -0.2) is 49.5 Å². The van der Waals surface area contributed by atoms with Gasteiger partial charge in [0.15, 0.2) is 0 Å². The summed E-state index contributed by atoms with van der Waals surface area (Å²) in [5, 5.41) is 2.66. The molecule has 1 N–H and O–H groups in total. The van der Waals surface area contributed by atoms with Gasteiger partial charge in [0.2, 0.25) is 5.91 Å². The van der Waals surface area contributed by atoms with Crippen molar-refractivity contribution in [2.45, 2.75) is 44.1 Å². The van der Waals surface area contributed by atoms with Crippen LogP contribution in [0.4, 0.5) is 8.78 Å². The summed E-state index contributed by atoms with van der Waals surface area (Å²) < 4.78 is 31.7. The van der Waals surface area contributed by atoms with E-state index in [1.54, 1.807) is 12.0 Å². The van der Waals surface area contributed by atoms with E-state index in [9.17, 15) is 13.6 Å². The van der Waals surface area contributed by atoms with Crippen LogP contribution in [0, 0.1) is 5.92 Å². The summed E-state index contributed by atoms with van der Waals surface area (Å²) in [6.45, 7) is 0.966. The fourth-order valence-electron chi connectivity index (χ4n) is 3.72. The average Bonchev–Trinajstić information content (AvgIpc) is 3.00. The largest absolute Gasteiger partial charge is 0.497 e. The van der Waals surface area contributed by atoms with Gasteiger partial charge in [0, 0.05) is 19.5 Å². The average molecular weight is 352 g/mol. The van der Waals surface area contributed by atoms with Crippen LogP contribution in [0.2, 0.25) is 0 Å². The van der Waals surface area contributed by atoms with E-state index in [4.69, 9.17) is 4.74 Å². The molecular weight excluding hydrogens is 326 g/mol. The van der Waals surface area contributed by atoms with Crippen LogP contribution >= 0.6 is 0 Å². The fourth-order valence-corrected chi connectivity index (χ4v) is 3.72. The second-order valence-corrected chi connectivity index (χ2v) is 7.15. The van der Waals surface area contributed by atoms with Crippen molar-refractivity contribution >= 4 is 5.91 Å². The first-order valence-corrected chi connectivity index (χ1v) is 9.00. The molecule has 1 amide bonds. The zero-order valence-corrected chi connectivity index (χ0v) is 14.6. The lowest BCUT2D eigenvalue weighted by molar-refractivity contribution is -0.135. The van der Waals surface area contributed by atoms with Crippen molar-refractivity contribution in [2.75, 3.05) is 26.7 Å². The van der Waals surface area contributed by atoms with E-state index in [1.807, 2.05) is 12.1 Å². The van der Waals surface area contributed by atoms with Crippen LogP contribution < -0.4 is 10.1 Å². The lowest BCUT2D eigenvalue weighted by Gasteiger charge is -2.33. The molecule has 0 spiro atoms. The Hall–Kier alpha value is -1.69. The smallest absolute Gasteiger partial charge is 0.262 e. The van der Waals surface area contributed by atoms with E-state index >= 15 is 0 Å². The predicted molar refractivity (Wildman–Crippen MR) is 92.0 cm³/mol. The van der Waals surface area contributed by atoms with Gasteiger partial charge in [0.1, 0.15) is 5.75 Å². The molecule has 2 saturated heterocycles. The van der Waals surface area contributed by atoms with Crippen LogP contribution in [-0.2, 0) is 11.2 Å². The molecular formula is C19H26F2N2O2. The Kier molecular flexibility index (Phi) is 5.57. The summed E-state index contributed by atoms with van der Waals surface area (Å²) in [4.78, 5) is 14.1. The fraction of sp³-hybridized carbons (Fsp3) is 0.632. The predicted octanol–water partition coefficient (Wildman–Crippen LogP) is 2.86. The van der Waals surface area contributed by atoms with E-state index in [0.29, 0.717) is 19.0 Å². The van der Waals surface area contributed by atoms with E-state index in [2.05, 4.69) is 17.4 Å². The van der Waals surface area contributed by atoms with Crippen LogP contribution in [0.15, 0.2) is 24.3 Å². The molecule has 2 heterocycles. The number of carbonyl (C=O) groups is 1. The number of nitrogens with one attached hydrogen (secondary N) is 1. The van der Waals surface area contributed by atoms with Gasteiger partial charge in [-0.05, 0) is 49.3 Å². The number of nitrogens with zero attached hydrogens (tertiary/aromatic N) is 1. The molecule has 1 aromatic rings. The lowest BCUT2D eigenvalue weighted by Crippen LogP contribution is -2.47. The number of ether oxygens (including phenoxy) is 1. The first kappa shape index (κ1) is 18.1. The first-order valence-electron chi connectivity index (χ1n) is 9.00. The molecule has 0 radical (unpaired) electrons. The molecule has 0 saturated carbocycles. The van der Waals surface area contributed by atoms with E-state index in [0.717, 1.165) is 31.4 Å². The van der Waals surface area contributed by atoms with Gasteiger partial charge in [-0.15, -0.1) is 0 Å². The molecule has 1 unspecified atom stereocenters. The summed E-state index contributed by atoms with van der Waals surface area (Å²) in [5.41, 5.74) is 1.29. The molecule has 4 nitrogen and oxygen atoms in total. The van der Waals surface area contributed by atoms with Crippen molar-refractivity contribution in [2.24, 2.45) is 5.92 Å². The monoisotopic (exact) mass is 352 g/mol. The van der Waals surface area contributed by atoms with Gasteiger partial charge in [-0.2, -0.15) is 0 Å². The topological polar surface area (TPSA) is 41.6 Å². The van der Waals surface area contributed by atoms with Crippen molar-refractivity contribution in [3.8, 4) is 5.75 Å². The van der Waals surface area contributed by atoms with E-state index < -0.39 is 12.0 Å². The van der Waals surface area contributed by atoms with Crippen molar-refractivity contribution in [3.05, 3.63) is 29.8 Å². The molecule has 0 bridgehead atoms. The summed E-state index contributed by atoms with van der Waals surface area (Å²) in [6, 6.07) is 7.40. The van der Waals surface area contributed by atoms with Crippen LogP contribution in [0.1, 0.15) is 31.2 Å². The number of hydrogen-bond donors (Lipinski definition) is 1. The Morgan fingerprint density at radius 1 is 1.28 bits per heavy atom. The van der Waals surface area contributed by atoms with Crippen molar-refractivity contribution < 1.29 is 18.3 Å². The number of hydrogen-bond acceptors (Lipinski definition) is 3. The van der Waals surface area contributed by atoms with Crippen LogP contribution in [0.5, 0.6) is 5.75 Å². The Morgan fingerprint density at radius 2 is 1.96 bits per heavy atom. The number of carbonyl (C=O) groups excluding carboxylic acids is 1. The SMILES string of the molecule is COc1ccc(CCC2CCN(C(=O)C3CC(F)(F)CN3)CC2)cc1. The summed E-state index contributed by atoms with van der Waals surface area (Å²) in [7, 11) is 1.66. The second kappa shape index (κ2) is 7.68. The Bertz CT molecular complexity index is 584. The molecule has 25 heavy (non-hydrogen) atoms. The highest BCUT2D eigenvalue weighted by Crippen LogP contribution is 2.28. The van der Waals surface area contributed by atoms with E-state index in [1.165, 1.54) is 5.56 Å². The van der Waals surface area contributed by atoms with E-state index in [-0.39, 0.29) is 18.9 Å². The maximum Gasteiger partial charge on any atom is 0.262 e. The molecule has 1 aromatic carbocycles. The van der Waals surface area contributed by atoms with Gasteiger partial charge >= 0.3 is 0 Å². The zero-order chi connectivity index (χ0) is 17.9. The van der Waals surface area contributed by atoms with Crippen molar-refractivity contribution in [1.82, 2.24) is 10.2 Å². The molecule has 3 rings (SSSR count). The molecule has 2 aliphatic heterocycles. The van der Waals surface area contributed by atoms with Gasteiger partial charge in [-0.25, -0.2) is 8.78 Å². The number of aryl methyl sites for hydroxylation is 1. The van der Waals surface area contributed by atoms with Gasteiger partial charge < -0.3 is 9.64 Å². The second-order valence-electron chi connectivity index (χ2n) is 7.15. The molecule has 0 aliphatic carbocycles. The molecule has 2 aliphatic rings. The van der Waals surface area contributed by atoms with Crippen LogP contribution in [0.25, 0.3) is 0 Å². The van der Waals surface area contributed by atoms with Gasteiger partial charge in [0.05, 0.1) is 19.7 Å². The minimum absolute atomic E-state index is 0.161. The number of alkyl halides is 2. The van der Waals surface area contributed by atoms with Crippen molar-refractivity contribution in [1.29, 1.82) is 0 Å². The Balaban J connectivity index is 1.41. The van der Waals surface area contributed by atoms with Gasteiger partial charge in [0.25, 0.3) is 5.92 Å². The van der Waals surface area contributed by atoms with Crippen LogP contribution in [0.3, 0.4) is 0 Å². The Morgan fingerprint density at radius 3 is 2.52 bits per heavy atom. The van der Waals surface area contributed by atoms with Gasteiger partial charge in [-0.3, -0.25) is 10.1 Å². The lowest BCUT2D eigenvalue weighted by atomic mass is 9.90. The highest BCUT2D eigenvalue weighted by molar-refractivity contribution is 5.82. The summed E-state index contributed by atoms with van der Waals surface area (Å²) in [5.74, 6) is -1.46. The summed E-state index contributed by atoms with van der Waals surface area (Å²) >= 11 is 0. The molecule has 138 valence electrons. The van der Waals surface area contributed by atoms with Crippen molar-refractivity contribution in [3.63, 3.8) is 0 Å². The third-order valence-corrected chi connectivity index (χ3v) is 5.33. The Labute approximate surface area is 147 Å². The number of amides is 1. The highest BCUT2D eigenvalue weighted by Gasteiger charge is 2.43. The number of likely N-dealkylation sites (tertiary alicyclic amines) is 1. The normalized spacial score (nSPS) is 23.6. The first-order chi connectivity index (χ1) is 12.0. The highest BCUT2D eigenvalue weighted by atomic mass is 19.3. The third kappa shape index (κ3) is 4.69.